The summed E-state index contributed by atoms with van der Waals surface area (Å²) in [6.45, 7) is 4.19. The quantitative estimate of drug-likeness (QED) is 0.829. The Hall–Kier alpha value is -0.130. The summed E-state index contributed by atoms with van der Waals surface area (Å²) in [5.74, 6) is 0.771. The van der Waals surface area contributed by atoms with Gasteiger partial charge in [-0.1, -0.05) is 19.3 Å². The molecule has 2 fully saturated rings. The molecule has 1 aliphatic carbocycles. The molecule has 0 radical (unpaired) electrons. The summed E-state index contributed by atoms with van der Waals surface area (Å²) < 4.78 is 26.4. The largest absolute Gasteiger partial charge is 0.314 e. The molecule has 1 unspecified atom stereocenters. The fourth-order valence-electron chi connectivity index (χ4n) is 2.98. The van der Waals surface area contributed by atoms with Crippen molar-refractivity contribution in [2.75, 3.05) is 25.4 Å². The van der Waals surface area contributed by atoms with Crippen LogP contribution in [0.25, 0.3) is 0 Å². The van der Waals surface area contributed by atoms with Crippen LogP contribution in [0.3, 0.4) is 0 Å². The number of hydrogen-bond acceptors (Lipinski definition) is 3. The maximum absolute atomic E-state index is 12.4. The molecule has 1 N–H and O–H groups in total. The highest BCUT2D eigenvalue weighted by Gasteiger charge is 2.31. The molecule has 1 atom stereocenters. The molecule has 0 aromatic carbocycles. The van der Waals surface area contributed by atoms with E-state index in [1.165, 1.54) is 19.3 Å². The molecule has 2 rings (SSSR count). The molecule has 0 aromatic heterocycles. The molecule has 1 saturated carbocycles. The van der Waals surface area contributed by atoms with Gasteiger partial charge < -0.3 is 5.32 Å². The van der Waals surface area contributed by atoms with Crippen LogP contribution in [0.5, 0.6) is 0 Å². The first-order valence-corrected chi connectivity index (χ1v) is 8.41. The lowest BCUT2D eigenvalue weighted by Gasteiger charge is -2.34. The van der Waals surface area contributed by atoms with Crippen molar-refractivity contribution in [2.24, 2.45) is 5.92 Å². The first-order chi connectivity index (χ1) is 8.09. The summed E-state index contributed by atoms with van der Waals surface area (Å²) in [7, 11) is -3.04. The number of piperazine rings is 1. The fourth-order valence-corrected chi connectivity index (χ4v) is 5.10. The smallest absolute Gasteiger partial charge is 0.214 e. The van der Waals surface area contributed by atoms with Crippen molar-refractivity contribution in [3.8, 4) is 0 Å². The Morgan fingerprint density at radius 2 is 1.94 bits per heavy atom. The van der Waals surface area contributed by atoms with E-state index in [0.29, 0.717) is 18.2 Å². The Morgan fingerprint density at radius 1 is 1.24 bits per heavy atom. The van der Waals surface area contributed by atoms with Crippen LogP contribution in [0.2, 0.25) is 0 Å². The maximum atomic E-state index is 12.4. The second-order valence-corrected chi connectivity index (χ2v) is 7.41. The molecule has 17 heavy (non-hydrogen) atoms. The Labute approximate surface area is 105 Å². The summed E-state index contributed by atoms with van der Waals surface area (Å²) in [6.07, 6.45) is 5.88. The average Bonchev–Trinajstić information content (AvgIpc) is 2.30. The maximum Gasteiger partial charge on any atom is 0.214 e. The van der Waals surface area contributed by atoms with Gasteiger partial charge in [-0.15, -0.1) is 0 Å². The van der Waals surface area contributed by atoms with E-state index in [1.54, 1.807) is 4.31 Å². The molecule has 0 amide bonds. The minimum Gasteiger partial charge on any atom is -0.314 e. The van der Waals surface area contributed by atoms with Crippen LogP contribution in [0, 0.1) is 5.92 Å². The van der Waals surface area contributed by atoms with Crippen molar-refractivity contribution < 1.29 is 8.42 Å². The zero-order chi connectivity index (χ0) is 12.3. The molecule has 2 aliphatic rings. The lowest BCUT2D eigenvalue weighted by Crippen LogP contribution is -2.53. The first kappa shape index (κ1) is 13.3. The van der Waals surface area contributed by atoms with E-state index in [4.69, 9.17) is 0 Å². The van der Waals surface area contributed by atoms with E-state index in [1.807, 2.05) is 6.92 Å². The number of sulfonamides is 1. The van der Waals surface area contributed by atoms with E-state index in [0.717, 1.165) is 25.9 Å². The summed E-state index contributed by atoms with van der Waals surface area (Å²) >= 11 is 0. The lowest BCUT2D eigenvalue weighted by atomic mass is 9.91. The van der Waals surface area contributed by atoms with Gasteiger partial charge in [0.15, 0.2) is 0 Å². The molecule has 100 valence electrons. The highest BCUT2D eigenvalue weighted by molar-refractivity contribution is 7.89. The Morgan fingerprint density at radius 3 is 2.59 bits per heavy atom. The monoisotopic (exact) mass is 260 g/mol. The van der Waals surface area contributed by atoms with Crippen LogP contribution in [0.15, 0.2) is 0 Å². The van der Waals surface area contributed by atoms with Gasteiger partial charge in [-0.05, 0) is 25.7 Å². The molecule has 5 heteroatoms. The van der Waals surface area contributed by atoms with E-state index in [-0.39, 0.29) is 6.04 Å². The predicted molar refractivity (Wildman–Crippen MR) is 69.4 cm³/mol. The van der Waals surface area contributed by atoms with Crippen molar-refractivity contribution >= 4 is 10.0 Å². The normalized spacial score (nSPS) is 29.4. The van der Waals surface area contributed by atoms with E-state index in [2.05, 4.69) is 5.32 Å². The molecule has 1 saturated heterocycles. The third kappa shape index (κ3) is 3.42. The van der Waals surface area contributed by atoms with Gasteiger partial charge in [0.1, 0.15) is 0 Å². The van der Waals surface area contributed by atoms with Crippen molar-refractivity contribution in [2.45, 2.75) is 45.1 Å². The van der Waals surface area contributed by atoms with Gasteiger partial charge in [-0.3, -0.25) is 0 Å². The second-order valence-electron chi connectivity index (χ2n) is 5.45. The summed E-state index contributed by atoms with van der Waals surface area (Å²) in [5, 5.41) is 3.23. The van der Waals surface area contributed by atoms with Crippen LogP contribution in [0.4, 0.5) is 0 Å². The molecule has 0 bridgehead atoms. The van der Waals surface area contributed by atoms with E-state index >= 15 is 0 Å². The number of nitrogens with zero attached hydrogens (tertiary/aromatic N) is 1. The van der Waals surface area contributed by atoms with Crippen molar-refractivity contribution in [3.63, 3.8) is 0 Å². The third-order valence-corrected chi connectivity index (χ3v) is 6.12. The molecule has 4 nitrogen and oxygen atoms in total. The number of nitrogens with one attached hydrogen (secondary N) is 1. The molecular formula is C12H24N2O2S. The molecule has 0 spiro atoms. The van der Waals surface area contributed by atoms with Crippen LogP contribution >= 0.6 is 0 Å². The van der Waals surface area contributed by atoms with Gasteiger partial charge in [0.05, 0.1) is 5.75 Å². The summed E-state index contributed by atoms with van der Waals surface area (Å²) in [6, 6.07) is 0.109. The Balaban J connectivity index is 1.96. The fraction of sp³-hybridized carbons (Fsp3) is 1.00. The minimum atomic E-state index is -3.04. The zero-order valence-corrected chi connectivity index (χ0v) is 11.5. The number of hydrogen-bond donors (Lipinski definition) is 1. The molecule has 1 heterocycles. The van der Waals surface area contributed by atoms with Crippen molar-refractivity contribution in [3.05, 3.63) is 0 Å². The van der Waals surface area contributed by atoms with Crippen LogP contribution < -0.4 is 5.32 Å². The van der Waals surface area contributed by atoms with Crippen molar-refractivity contribution in [1.29, 1.82) is 0 Å². The SMILES string of the molecule is CC1CNCCN1S(=O)(=O)CC1CCCCC1. The van der Waals surface area contributed by atoms with Crippen LogP contribution in [-0.2, 0) is 10.0 Å². The van der Waals surface area contributed by atoms with E-state index in [9.17, 15) is 8.42 Å². The summed E-state index contributed by atoms with van der Waals surface area (Å²) in [4.78, 5) is 0. The van der Waals surface area contributed by atoms with E-state index < -0.39 is 10.0 Å². The highest BCUT2D eigenvalue weighted by Crippen LogP contribution is 2.26. The first-order valence-electron chi connectivity index (χ1n) is 6.80. The van der Waals surface area contributed by atoms with Gasteiger partial charge in [0.2, 0.25) is 10.0 Å². The second kappa shape index (κ2) is 5.67. The Bertz CT molecular complexity index is 336. The van der Waals surface area contributed by atoms with Crippen LogP contribution in [0.1, 0.15) is 39.0 Å². The van der Waals surface area contributed by atoms with Gasteiger partial charge in [0.25, 0.3) is 0 Å². The number of rotatable bonds is 3. The van der Waals surface area contributed by atoms with Gasteiger partial charge in [0, 0.05) is 25.7 Å². The zero-order valence-electron chi connectivity index (χ0n) is 10.7. The predicted octanol–water partition coefficient (Wildman–Crippen LogP) is 1.19. The summed E-state index contributed by atoms with van der Waals surface area (Å²) in [5.41, 5.74) is 0. The lowest BCUT2D eigenvalue weighted by molar-refractivity contribution is 0.279. The average molecular weight is 260 g/mol. The molecule has 1 aliphatic heterocycles. The molecular weight excluding hydrogens is 236 g/mol. The van der Waals surface area contributed by atoms with Crippen molar-refractivity contribution in [1.82, 2.24) is 9.62 Å². The van der Waals surface area contributed by atoms with Crippen LogP contribution in [-0.4, -0.2) is 44.2 Å². The van der Waals surface area contributed by atoms with Gasteiger partial charge >= 0.3 is 0 Å². The Kier molecular flexibility index (Phi) is 4.44. The standard InChI is InChI=1S/C12H24N2O2S/c1-11-9-13-7-8-14(11)17(15,16)10-12-5-3-2-4-6-12/h11-13H,2-10H2,1H3. The highest BCUT2D eigenvalue weighted by atomic mass is 32.2. The molecule has 0 aromatic rings. The topological polar surface area (TPSA) is 49.4 Å². The minimum absolute atomic E-state index is 0.109. The van der Waals surface area contributed by atoms with Gasteiger partial charge in [-0.25, -0.2) is 8.42 Å². The van der Waals surface area contributed by atoms with Gasteiger partial charge in [-0.2, -0.15) is 4.31 Å². The third-order valence-electron chi connectivity index (χ3n) is 3.97.